The molecule has 9 heteroatoms. The van der Waals surface area contributed by atoms with E-state index in [4.69, 9.17) is 0 Å². The smallest absolute Gasteiger partial charge is 0.245 e. The lowest BCUT2D eigenvalue weighted by Crippen LogP contribution is -2.39. The lowest BCUT2D eigenvalue weighted by molar-refractivity contribution is 0.269. The predicted octanol–water partition coefficient (Wildman–Crippen LogP) is 2.53. The lowest BCUT2D eigenvalue weighted by atomic mass is 10.1. The van der Waals surface area contributed by atoms with Crippen molar-refractivity contribution >= 4 is 32.8 Å². The van der Waals surface area contributed by atoms with Crippen LogP contribution in [0.15, 0.2) is 29.3 Å². The highest BCUT2D eigenvalue weighted by Crippen LogP contribution is 2.30. The molecule has 1 saturated heterocycles. The van der Waals surface area contributed by atoms with Gasteiger partial charge in [-0.05, 0) is 38.8 Å². The molecule has 2 aromatic heterocycles. The summed E-state index contributed by atoms with van der Waals surface area (Å²) in [6, 6.07) is 5.43. The summed E-state index contributed by atoms with van der Waals surface area (Å²) in [5.41, 5.74) is 2.22. The van der Waals surface area contributed by atoms with E-state index < -0.39 is 10.0 Å². The summed E-state index contributed by atoms with van der Waals surface area (Å²) in [7, 11) is -3.56. The largest absolute Gasteiger partial charge is 0.329 e. The van der Waals surface area contributed by atoms with Crippen LogP contribution in [-0.4, -0.2) is 44.1 Å². The third-order valence-electron chi connectivity index (χ3n) is 4.82. The highest BCUT2D eigenvalue weighted by Gasteiger charge is 2.32. The maximum Gasteiger partial charge on any atom is 0.245 e. The first kappa shape index (κ1) is 16.6. The van der Waals surface area contributed by atoms with Crippen molar-refractivity contribution in [2.45, 2.75) is 37.6 Å². The van der Waals surface area contributed by atoms with Gasteiger partial charge in [0.05, 0.1) is 11.7 Å². The zero-order chi connectivity index (χ0) is 17.6. The van der Waals surface area contributed by atoms with E-state index in [9.17, 15) is 8.42 Å². The van der Waals surface area contributed by atoms with Crippen LogP contribution in [0.2, 0.25) is 0 Å². The van der Waals surface area contributed by atoms with Crippen molar-refractivity contribution < 1.29 is 8.42 Å². The summed E-state index contributed by atoms with van der Waals surface area (Å²) in [5, 5.41) is 0. The van der Waals surface area contributed by atoms with Crippen LogP contribution in [0.3, 0.4) is 0 Å². The fourth-order valence-corrected chi connectivity index (χ4v) is 5.81. The number of benzene rings is 1. The molecule has 7 nitrogen and oxygen atoms in total. The first-order valence-electron chi connectivity index (χ1n) is 8.20. The maximum atomic E-state index is 13.1. The summed E-state index contributed by atoms with van der Waals surface area (Å²) >= 11 is 1.04. The first-order valence-corrected chi connectivity index (χ1v) is 10.4. The summed E-state index contributed by atoms with van der Waals surface area (Å²) in [4.78, 5) is 4.61. The van der Waals surface area contributed by atoms with Gasteiger partial charge >= 0.3 is 0 Å². The number of nitrogens with zero attached hydrogens (tertiary/aromatic N) is 5. The second-order valence-electron chi connectivity index (χ2n) is 6.34. The lowest BCUT2D eigenvalue weighted by Gasteiger charge is -2.33. The molecule has 1 aromatic carbocycles. The molecule has 0 saturated carbocycles. The third kappa shape index (κ3) is 2.76. The molecular weight excluding hydrogens is 358 g/mol. The zero-order valence-electron chi connectivity index (χ0n) is 14.1. The van der Waals surface area contributed by atoms with Gasteiger partial charge in [-0.2, -0.15) is 13.1 Å². The van der Waals surface area contributed by atoms with Crippen LogP contribution < -0.4 is 0 Å². The normalized spacial score (nSPS) is 17.4. The van der Waals surface area contributed by atoms with Gasteiger partial charge in [0.2, 0.25) is 10.0 Å². The van der Waals surface area contributed by atoms with Crippen LogP contribution in [0, 0.1) is 13.8 Å². The molecule has 0 radical (unpaired) electrons. The molecular formula is C16H19N5O2S2. The minimum absolute atomic E-state index is 0.257. The quantitative estimate of drug-likeness (QED) is 0.701. The number of aryl methyl sites for hydroxylation is 2. The Bertz CT molecular complexity index is 997. The molecule has 0 atom stereocenters. The number of rotatable bonds is 3. The average molecular weight is 377 g/mol. The average Bonchev–Trinajstić information content (AvgIpc) is 3.21. The Balaban J connectivity index is 1.59. The van der Waals surface area contributed by atoms with Crippen molar-refractivity contribution in [3.63, 3.8) is 0 Å². The van der Waals surface area contributed by atoms with Crippen molar-refractivity contribution in [2.75, 3.05) is 13.1 Å². The van der Waals surface area contributed by atoms with Gasteiger partial charge in [0.15, 0.2) is 0 Å². The van der Waals surface area contributed by atoms with E-state index in [0.29, 0.717) is 30.2 Å². The van der Waals surface area contributed by atoms with Crippen molar-refractivity contribution in [3.05, 3.63) is 35.9 Å². The summed E-state index contributed by atoms with van der Waals surface area (Å²) in [5.74, 6) is 0.983. The van der Waals surface area contributed by atoms with E-state index in [-0.39, 0.29) is 4.90 Å². The third-order valence-corrected chi connectivity index (χ3v) is 7.30. The number of imidazole rings is 1. The number of sulfonamides is 1. The fraction of sp³-hybridized carbons (Fsp3) is 0.438. The van der Waals surface area contributed by atoms with Crippen molar-refractivity contribution in [3.8, 4) is 0 Å². The number of hydrogen-bond donors (Lipinski definition) is 0. The first-order chi connectivity index (χ1) is 12.0. The minimum Gasteiger partial charge on any atom is -0.329 e. The van der Waals surface area contributed by atoms with Crippen molar-refractivity contribution in [1.29, 1.82) is 0 Å². The summed E-state index contributed by atoms with van der Waals surface area (Å²) < 4.78 is 38.2. The molecule has 0 N–H and O–H groups in total. The number of piperidine rings is 1. The topological polar surface area (TPSA) is 81.0 Å². The van der Waals surface area contributed by atoms with E-state index in [0.717, 1.165) is 36.1 Å². The molecule has 0 amide bonds. The molecule has 25 heavy (non-hydrogen) atoms. The van der Waals surface area contributed by atoms with Gasteiger partial charge in [-0.15, -0.1) is 0 Å². The van der Waals surface area contributed by atoms with Crippen molar-refractivity contribution in [1.82, 2.24) is 22.6 Å². The van der Waals surface area contributed by atoms with E-state index in [1.54, 1.807) is 22.5 Å². The molecule has 0 bridgehead atoms. The molecule has 1 fully saturated rings. The molecule has 132 valence electrons. The summed E-state index contributed by atoms with van der Waals surface area (Å²) in [6.07, 6.45) is 3.43. The SMILES string of the molecule is Cc1cnc(C)n1C1CCN(S(=O)(=O)c2cccc3nsnc23)CC1. The monoisotopic (exact) mass is 377 g/mol. The van der Waals surface area contributed by atoms with Crippen LogP contribution in [-0.2, 0) is 10.0 Å². The van der Waals surface area contributed by atoms with Crippen LogP contribution in [0.4, 0.5) is 0 Å². The second-order valence-corrected chi connectivity index (χ2v) is 8.77. The Morgan fingerprint density at radius 2 is 1.92 bits per heavy atom. The van der Waals surface area contributed by atoms with E-state index >= 15 is 0 Å². The Hall–Kier alpha value is -1.84. The van der Waals surface area contributed by atoms with Gasteiger partial charge in [-0.1, -0.05) is 6.07 Å². The van der Waals surface area contributed by atoms with Crippen molar-refractivity contribution in [2.24, 2.45) is 0 Å². The molecule has 3 aromatic rings. The van der Waals surface area contributed by atoms with Gasteiger partial charge < -0.3 is 4.57 Å². The molecule has 1 aliphatic heterocycles. The van der Waals surface area contributed by atoms with Crippen LogP contribution >= 0.6 is 11.7 Å². The van der Waals surface area contributed by atoms with Crippen LogP contribution in [0.5, 0.6) is 0 Å². The molecule has 0 unspecified atom stereocenters. The Labute approximate surface area is 150 Å². The van der Waals surface area contributed by atoms with E-state index in [1.807, 2.05) is 20.0 Å². The molecule has 1 aliphatic rings. The van der Waals surface area contributed by atoms with Gasteiger partial charge in [0.25, 0.3) is 0 Å². The number of hydrogen-bond acceptors (Lipinski definition) is 6. The Kier molecular flexibility index (Phi) is 4.09. The standard InChI is InChI=1S/C16H19N5O2S2/c1-11-10-17-12(2)21(11)13-6-8-20(9-7-13)25(22,23)15-5-3-4-14-16(15)19-24-18-14/h3-5,10,13H,6-9H2,1-2H3. The fourth-order valence-electron chi connectivity index (χ4n) is 3.59. The molecule has 3 heterocycles. The second kappa shape index (κ2) is 6.15. The minimum atomic E-state index is -3.56. The van der Waals surface area contributed by atoms with Crippen LogP contribution in [0.25, 0.3) is 11.0 Å². The van der Waals surface area contributed by atoms with Gasteiger partial charge in [-0.3, -0.25) is 0 Å². The predicted molar refractivity (Wildman–Crippen MR) is 96.1 cm³/mol. The molecule has 0 aliphatic carbocycles. The van der Waals surface area contributed by atoms with E-state index in [2.05, 4.69) is 18.3 Å². The Morgan fingerprint density at radius 3 is 2.60 bits per heavy atom. The van der Waals surface area contributed by atoms with Crippen LogP contribution in [0.1, 0.15) is 30.4 Å². The highest BCUT2D eigenvalue weighted by molar-refractivity contribution is 7.89. The highest BCUT2D eigenvalue weighted by atomic mass is 32.2. The van der Waals surface area contributed by atoms with Gasteiger partial charge in [0.1, 0.15) is 21.8 Å². The number of aromatic nitrogens is 4. The summed E-state index contributed by atoms with van der Waals surface area (Å²) in [6.45, 7) is 5.03. The van der Waals surface area contributed by atoms with E-state index in [1.165, 1.54) is 0 Å². The number of fused-ring (bicyclic) bond motifs is 1. The Morgan fingerprint density at radius 1 is 1.16 bits per heavy atom. The zero-order valence-corrected chi connectivity index (χ0v) is 15.7. The van der Waals surface area contributed by atoms with Gasteiger partial charge in [-0.25, -0.2) is 13.4 Å². The molecule has 4 rings (SSSR count). The van der Waals surface area contributed by atoms with Gasteiger partial charge in [0, 0.05) is 31.0 Å². The maximum absolute atomic E-state index is 13.1. The molecule has 0 spiro atoms.